The molecule has 0 atom stereocenters. The van der Waals surface area contributed by atoms with E-state index in [0.29, 0.717) is 17.3 Å². The molecular formula is C24H29N3O3. The van der Waals surface area contributed by atoms with Gasteiger partial charge in [0.1, 0.15) is 5.58 Å². The molecule has 0 bridgehead atoms. The lowest BCUT2D eigenvalue weighted by atomic mass is 9.95. The molecule has 2 aromatic carbocycles. The SMILES string of the molecule is Cc1cc2occ(CC(=O)Nc3ccccc3NC(=O)NC(C)C)c2cc1C(C)C. The fourth-order valence-electron chi connectivity index (χ4n) is 3.49. The van der Waals surface area contributed by atoms with E-state index in [9.17, 15) is 9.59 Å². The number of carbonyl (C=O) groups is 2. The number of aryl methyl sites for hydroxylation is 1. The number of nitrogens with one attached hydrogen (secondary N) is 3. The van der Waals surface area contributed by atoms with Crippen LogP contribution in [0.1, 0.15) is 50.3 Å². The molecule has 0 aliphatic carbocycles. The first kappa shape index (κ1) is 21.4. The zero-order valence-corrected chi connectivity index (χ0v) is 18.1. The molecule has 3 N–H and O–H groups in total. The van der Waals surface area contributed by atoms with Crippen molar-refractivity contribution in [2.75, 3.05) is 10.6 Å². The van der Waals surface area contributed by atoms with Crippen molar-refractivity contribution in [1.29, 1.82) is 0 Å². The molecule has 6 nitrogen and oxygen atoms in total. The van der Waals surface area contributed by atoms with E-state index in [-0.39, 0.29) is 24.4 Å². The molecule has 0 saturated carbocycles. The second-order valence-electron chi connectivity index (χ2n) is 8.14. The lowest BCUT2D eigenvalue weighted by Crippen LogP contribution is -2.34. The highest BCUT2D eigenvalue weighted by molar-refractivity contribution is 6.00. The third kappa shape index (κ3) is 5.00. The van der Waals surface area contributed by atoms with E-state index < -0.39 is 0 Å². The van der Waals surface area contributed by atoms with E-state index in [2.05, 4.69) is 42.8 Å². The van der Waals surface area contributed by atoms with Crippen LogP contribution in [0.5, 0.6) is 0 Å². The van der Waals surface area contributed by atoms with Crippen molar-refractivity contribution < 1.29 is 14.0 Å². The Balaban J connectivity index is 1.77. The summed E-state index contributed by atoms with van der Waals surface area (Å²) in [7, 11) is 0. The number of benzene rings is 2. The van der Waals surface area contributed by atoms with Gasteiger partial charge in [-0.15, -0.1) is 0 Å². The Morgan fingerprint density at radius 2 is 1.67 bits per heavy atom. The summed E-state index contributed by atoms with van der Waals surface area (Å²) in [5, 5.41) is 9.41. The molecule has 0 fully saturated rings. The van der Waals surface area contributed by atoms with Crippen LogP contribution in [0.25, 0.3) is 11.0 Å². The van der Waals surface area contributed by atoms with E-state index in [1.807, 2.05) is 26.0 Å². The van der Waals surface area contributed by atoms with Gasteiger partial charge in [0, 0.05) is 17.0 Å². The Kier molecular flexibility index (Phi) is 6.45. The topological polar surface area (TPSA) is 83.4 Å². The van der Waals surface area contributed by atoms with E-state index in [1.54, 1.807) is 24.5 Å². The van der Waals surface area contributed by atoms with Crippen molar-refractivity contribution in [1.82, 2.24) is 5.32 Å². The average Bonchev–Trinajstić information content (AvgIpc) is 3.03. The van der Waals surface area contributed by atoms with Crippen LogP contribution >= 0.6 is 0 Å². The second-order valence-corrected chi connectivity index (χ2v) is 8.14. The van der Waals surface area contributed by atoms with Gasteiger partial charge in [-0.05, 0) is 62.1 Å². The first-order valence-corrected chi connectivity index (χ1v) is 10.2. The minimum atomic E-state index is -0.316. The standard InChI is InChI=1S/C24H29N3O3/c1-14(2)18-12-19-17(13-30-22(19)10-16(18)5)11-23(28)26-20-8-6-7-9-21(20)27-24(29)25-15(3)4/h6-10,12-15H,11H2,1-5H3,(H,26,28)(H2,25,27,29). The predicted molar refractivity (Wildman–Crippen MR) is 121 cm³/mol. The molecular weight excluding hydrogens is 378 g/mol. The Hall–Kier alpha value is -3.28. The molecule has 6 heteroatoms. The Bertz CT molecular complexity index is 1070. The number of fused-ring (bicyclic) bond motifs is 1. The first-order chi connectivity index (χ1) is 14.2. The molecule has 158 valence electrons. The van der Waals surface area contributed by atoms with Crippen LogP contribution in [-0.4, -0.2) is 18.0 Å². The summed E-state index contributed by atoms with van der Waals surface area (Å²) in [6.07, 6.45) is 1.83. The number of para-hydroxylation sites is 2. The van der Waals surface area contributed by atoms with Gasteiger partial charge in [-0.1, -0.05) is 26.0 Å². The molecule has 3 rings (SSSR count). The summed E-state index contributed by atoms with van der Waals surface area (Å²) < 4.78 is 5.68. The van der Waals surface area contributed by atoms with Crippen LogP contribution in [0.3, 0.4) is 0 Å². The van der Waals surface area contributed by atoms with Gasteiger partial charge in [-0.2, -0.15) is 0 Å². The Labute approximate surface area is 177 Å². The number of hydrogen-bond donors (Lipinski definition) is 3. The van der Waals surface area contributed by atoms with Crippen LogP contribution in [-0.2, 0) is 11.2 Å². The fraction of sp³-hybridized carbons (Fsp3) is 0.333. The number of rotatable bonds is 6. The van der Waals surface area contributed by atoms with Crippen LogP contribution in [0.15, 0.2) is 47.1 Å². The second kappa shape index (κ2) is 9.03. The maximum absolute atomic E-state index is 12.7. The summed E-state index contributed by atoms with van der Waals surface area (Å²) >= 11 is 0. The van der Waals surface area contributed by atoms with Gasteiger partial charge < -0.3 is 20.4 Å². The fourth-order valence-corrected chi connectivity index (χ4v) is 3.49. The average molecular weight is 408 g/mol. The molecule has 0 aliphatic heterocycles. The van der Waals surface area contributed by atoms with Gasteiger partial charge >= 0.3 is 6.03 Å². The molecule has 3 aromatic rings. The molecule has 30 heavy (non-hydrogen) atoms. The molecule has 1 aromatic heterocycles. The van der Waals surface area contributed by atoms with Crippen LogP contribution in [0.4, 0.5) is 16.2 Å². The number of amides is 3. The molecule has 0 radical (unpaired) electrons. The number of anilines is 2. The van der Waals surface area contributed by atoms with Crippen molar-refractivity contribution in [3.05, 3.63) is 59.4 Å². The Morgan fingerprint density at radius 3 is 2.30 bits per heavy atom. The normalized spacial score (nSPS) is 11.2. The summed E-state index contributed by atoms with van der Waals surface area (Å²) in [5.41, 5.74) is 5.14. The zero-order chi connectivity index (χ0) is 21.8. The lowest BCUT2D eigenvalue weighted by molar-refractivity contribution is -0.115. The number of carbonyl (C=O) groups excluding carboxylic acids is 2. The van der Waals surface area contributed by atoms with Gasteiger partial charge in [0.15, 0.2) is 0 Å². The highest BCUT2D eigenvalue weighted by atomic mass is 16.3. The van der Waals surface area contributed by atoms with Crippen molar-refractivity contribution in [2.24, 2.45) is 0 Å². The van der Waals surface area contributed by atoms with E-state index >= 15 is 0 Å². The number of urea groups is 1. The van der Waals surface area contributed by atoms with Gasteiger partial charge in [-0.3, -0.25) is 4.79 Å². The Morgan fingerprint density at radius 1 is 1.00 bits per heavy atom. The van der Waals surface area contributed by atoms with Crippen molar-refractivity contribution >= 4 is 34.3 Å². The molecule has 0 saturated heterocycles. The number of hydrogen-bond acceptors (Lipinski definition) is 3. The van der Waals surface area contributed by atoms with Crippen LogP contribution < -0.4 is 16.0 Å². The maximum atomic E-state index is 12.7. The highest BCUT2D eigenvalue weighted by Crippen LogP contribution is 2.29. The minimum absolute atomic E-state index is 0.0143. The third-order valence-corrected chi connectivity index (χ3v) is 4.88. The summed E-state index contributed by atoms with van der Waals surface area (Å²) in [6, 6.07) is 11.0. The van der Waals surface area contributed by atoms with Crippen molar-refractivity contribution in [2.45, 2.75) is 53.0 Å². The molecule has 3 amide bonds. The first-order valence-electron chi connectivity index (χ1n) is 10.2. The minimum Gasteiger partial charge on any atom is -0.464 e. The van der Waals surface area contributed by atoms with E-state index in [0.717, 1.165) is 16.5 Å². The van der Waals surface area contributed by atoms with Crippen molar-refractivity contribution in [3.63, 3.8) is 0 Å². The van der Waals surface area contributed by atoms with Crippen LogP contribution in [0, 0.1) is 6.92 Å². The predicted octanol–water partition coefficient (Wildman–Crippen LogP) is 5.58. The maximum Gasteiger partial charge on any atom is 0.319 e. The number of furan rings is 1. The lowest BCUT2D eigenvalue weighted by Gasteiger charge is -2.14. The summed E-state index contributed by atoms with van der Waals surface area (Å²) in [4.78, 5) is 24.8. The zero-order valence-electron chi connectivity index (χ0n) is 18.1. The largest absolute Gasteiger partial charge is 0.464 e. The van der Waals surface area contributed by atoms with Gasteiger partial charge in [-0.25, -0.2) is 4.79 Å². The monoisotopic (exact) mass is 407 g/mol. The van der Waals surface area contributed by atoms with Crippen LogP contribution in [0.2, 0.25) is 0 Å². The molecule has 0 spiro atoms. The highest BCUT2D eigenvalue weighted by Gasteiger charge is 2.15. The van der Waals surface area contributed by atoms with E-state index in [4.69, 9.17) is 4.42 Å². The van der Waals surface area contributed by atoms with Gasteiger partial charge in [0.2, 0.25) is 5.91 Å². The molecule has 0 aliphatic rings. The smallest absolute Gasteiger partial charge is 0.319 e. The summed E-state index contributed by atoms with van der Waals surface area (Å²) in [6.45, 7) is 10.1. The van der Waals surface area contributed by atoms with E-state index in [1.165, 1.54) is 11.1 Å². The van der Waals surface area contributed by atoms with Gasteiger partial charge in [0.25, 0.3) is 0 Å². The third-order valence-electron chi connectivity index (χ3n) is 4.88. The van der Waals surface area contributed by atoms with Gasteiger partial charge in [0.05, 0.1) is 24.1 Å². The van der Waals surface area contributed by atoms with Crippen molar-refractivity contribution in [3.8, 4) is 0 Å². The molecule has 0 unspecified atom stereocenters. The molecule has 1 heterocycles. The summed E-state index contributed by atoms with van der Waals surface area (Å²) in [5.74, 6) is 0.212. The quantitative estimate of drug-likeness (QED) is 0.499.